The van der Waals surface area contributed by atoms with E-state index in [1.807, 2.05) is 0 Å². The van der Waals surface area contributed by atoms with Crippen LogP contribution in [0.1, 0.15) is 28.9 Å². The van der Waals surface area contributed by atoms with E-state index in [2.05, 4.69) is 10.4 Å². The number of primary amides is 1. The monoisotopic (exact) mass is 486 g/mol. The summed E-state index contributed by atoms with van der Waals surface area (Å²) in [6.07, 6.45) is 1.13. The molecule has 178 valence electrons. The van der Waals surface area contributed by atoms with Gasteiger partial charge in [-0.3, -0.25) is 19.1 Å². The molecule has 1 aliphatic rings. The summed E-state index contributed by atoms with van der Waals surface area (Å²) in [5.41, 5.74) is 12.2. The molecule has 11 heteroatoms. The maximum atomic E-state index is 14.1. The van der Waals surface area contributed by atoms with Gasteiger partial charge in [-0.25, -0.2) is 4.39 Å². The summed E-state index contributed by atoms with van der Waals surface area (Å²) in [6, 6.07) is 11.2. The number of nitrogens with two attached hydrogens (primary N) is 2. The molecule has 0 radical (unpaired) electrons. The van der Waals surface area contributed by atoms with Gasteiger partial charge in [-0.2, -0.15) is 5.10 Å². The first kappa shape index (κ1) is 23.7. The zero-order valence-corrected chi connectivity index (χ0v) is 19.0. The minimum Gasteiger partial charge on any atom is -0.364 e. The van der Waals surface area contributed by atoms with Crippen LogP contribution in [0, 0.1) is 5.82 Å². The minimum absolute atomic E-state index is 0.0335. The second-order valence-corrected chi connectivity index (χ2v) is 8.69. The second kappa shape index (κ2) is 9.78. The van der Waals surface area contributed by atoms with Crippen molar-refractivity contribution in [3.8, 4) is 0 Å². The van der Waals surface area contributed by atoms with Crippen molar-refractivity contribution < 1.29 is 18.8 Å². The summed E-state index contributed by atoms with van der Waals surface area (Å²) in [6.45, 7) is -0.473. The summed E-state index contributed by atoms with van der Waals surface area (Å²) in [4.78, 5) is 39.1. The van der Waals surface area contributed by atoms with Crippen LogP contribution in [0.15, 0.2) is 42.5 Å². The number of carbonyl (C=O) groups is 3. The van der Waals surface area contributed by atoms with Gasteiger partial charge in [0.2, 0.25) is 11.8 Å². The summed E-state index contributed by atoms with van der Waals surface area (Å²) >= 11 is 5.79. The van der Waals surface area contributed by atoms with Crippen molar-refractivity contribution in [2.45, 2.75) is 38.0 Å². The van der Waals surface area contributed by atoms with Crippen LogP contribution in [-0.4, -0.2) is 51.0 Å². The lowest BCUT2D eigenvalue weighted by Crippen LogP contribution is -2.55. The molecule has 1 aromatic heterocycles. The molecule has 0 aliphatic heterocycles. The first-order valence-corrected chi connectivity index (χ1v) is 11.1. The highest BCUT2D eigenvalue weighted by atomic mass is 35.5. The van der Waals surface area contributed by atoms with E-state index in [1.54, 1.807) is 30.3 Å². The van der Waals surface area contributed by atoms with Crippen LogP contribution in [0.2, 0.25) is 5.02 Å². The molecule has 0 saturated heterocycles. The fourth-order valence-corrected chi connectivity index (χ4v) is 4.24. The van der Waals surface area contributed by atoms with Gasteiger partial charge in [-0.1, -0.05) is 41.9 Å². The standard InChI is InChI=1S/C23H24ClFN6O3/c24-17-6-3-4-13(21(17)25)10-28-19(32)11-30(15-8-14(26)9-15)20(33)12-31-18-7-2-1-5-16(18)22(29-31)23(27)34/h1-7,14-15H,8-12,26H2,(H2,27,34)(H,28,32)/t14-,15+. The van der Waals surface area contributed by atoms with E-state index < -0.39 is 17.6 Å². The highest BCUT2D eigenvalue weighted by molar-refractivity contribution is 6.30. The summed E-state index contributed by atoms with van der Waals surface area (Å²) in [5.74, 6) is -2.10. The molecule has 0 spiro atoms. The molecular formula is C23H24ClFN6O3. The number of hydrogen-bond donors (Lipinski definition) is 3. The number of fused-ring (bicyclic) bond motifs is 1. The van der Waals surface area contributed by atoms with Crippen LogP contribution < -0.4 is 16.8 Å². The van der Waals surface area contributed by atoms with Crippen LogP contribution in [0.25, 0.3) is 10.9 Å². The van der Waals surface area contributed by atoms with E-state index in [-0.39, 0.29) is 53.9 Å². The highest BCUT2D eigenvalue weighted by Crippen LogP contribution is 2.25. The van der Waals surface area contributed by atoms with Crippen molar-refractivity contribution in [3.05, 3.63) is 64.6 Å². The largest absolute Gasteiger partial charge is 0.364 e. The fourth-order valence-electron chi connectivity index (χ4n) is 4.04. The number of amides is 3. The number of rotatable bonds is 8. The topological polar surface area (TPSA) is 136 Å². The normalized spacial score (nSPS) is 17.3. The van der Waals surface area contributed by atoms with E-state index >= 15 is 0 Å². The SMILES string of the molecule is NC(=O)c1nn(CC(=O)N(CC(=O)NCc2cccc(Cl)c2F)[C@H]2C[C@@H](N)C2)c2ccccc12. The molecule has 1 fully saturated rings. The first-order chi connectivity index (χ1) is 16.2. The Kier molecular flexibility index (Phi) is 6.80. The van der Waals surface area contributed by atoms with Crippen LogP contribution in [0.5, 0.6) is 0 Å². The summed E-state index contributed by atoms with van der Waals surface area (Å²) < 4.78 is 15.5. The van der Waals surface area contributed by atoms with E-state index in [4.69, 9.17) is 23.1 Å². The van der Waals surface area contributed by atoms with Gasteiger partial charge >= 0.3 is 0 Å². The van der Waals surface area contributed by atoms with Crippen LogP contribution in [0.4, 0.5) is 4.39 Å². The smallest absolute Gasteiger partial charge is 0.269 e. The second-order valence-electron chi connectivity index (χ2n) is 8.28. The number of para-hydroxylation sites is 1. The van der Waals surface area contributed by atoms with E-state index in [9.17, 15) is 18.8 Å². The highest BCUT2D eigenvalue weighted by Gasteiger charge is 2.35. The van der Waals surface area contributed by atoms with Crippen molar-refractivity contribution in [1.82, 2.24) is 20.0 Å². The predicted molar refractivity (Wildman–Crippen MR) is 124 cm³/mol. The zero-order valence-electron chi connectivity index (χ0n) is 18.2. The molecule has 0 bridgehead atoms. The lowest BCUT2D eigenvalue weighted by molar-refractivity contribution is -0.141. The minimum atomic E-state index is -0.697. The molecule has 0 atom stereocenters. The average Bonchev–Trinajstić information content (AvgIpc) is 3.15. The number of benzene rings is 2. The first-order valence-electron chi connectivity index (χ1n) is 10.7. The number of aromatic nitrogens is 2. The lowest BCUT2D eigenvalue weighted by Gasteiger charge is -2.41. The van der Waals surface area contributed by atoms with Crippen molar-refractivity contribution in [1.29, 1.82) is 0 Å². The molecule has 2 aromatic carbocycles. The molecule has 34 heavy (non-hydrogen) atoms. The molecule has 3 amide bonds. The van der Waals surface area contributed by atoms with Gasteiger partial charge in [-0.15, -0.1) is 0 Å². The van der Waals surface area contributed by atoms with Crippen LogP contribution in [0.3, 0.4) is 0 Å². The van der Waals surface area contributed by atoms with E-state index in [1.165, 1.54) is 21.7 Å². The number of nitrogens with one attached hydrogen (secondary N) is 1. The molecule has 1 heterocycles. The third kappa shape index (κ3) is 4.87. The van der Waals surface area contributed by atoms with E-state index in [0.29, 0.717) is 23.7 Å². The third-order valence-electron chi connectivity index (χ3n) is 5.91. The van der Waals surface area contributed by atoms with Crippen LogP contribution >= 0.6 is 11.6 Å². The maximum Gasteiger partial charge on any atom is 0.269 e. The molecule has 9 nitrogen and oxygen atoms in total. The maximum absolute atomic E-state index is 14.1. The molecule has 4 rings (SSSR count). The Balaban J connectivity index is 1.49. The molecule has 0 unspecified atom stereocenters. The zero-order chi connectivity index (χ0) is 24.4. The Bertz CT molecular complexity index is 1260. The van der Waals surface area contributed by atoms with Gasteiger partial charge in [0, 0.05) is 29.6 Å². The van der Waals surface area contributed by atoms with Crippen LogP contribution in [-0.2, 0) is 22.7 Å². The molecule has 5 N–H and O–H groups in total. The number of halogens is 2. The van der Waals surface area contributed by atoms with Crippen molar-refractivity contribution in [3.63, 3.8) is 0 Å². The van der Waals surface area contributed by atoms with Gasteiger partial charge in [0.15, 0.2) is 5.69 Å². The summed E-state index contributed by atoms with van der Waals surface area (Å²) in [5, 5.41) is 7.36. The van der Waals surface area contributed by atoms with Gasteiger partial charge in [0.05, 0.1) is 17.1 Å². The quantitative estimate of drug-likeness (QED) is 0.444. The molecule has 1 aliphatic carbocycles. The van der Waals surface area contributed by atoms with E-state index in [0.717, 1.165) is 0 Å². The molecule has 3 aromatic rings. The Morgan fingerprint density at radius 1 is 1.18 bits per heavy atom. The van der Waals surface area contributed by atoms with Crippen molar-refractivity contribution >= 4 is 40.2 Å². The Morgan fingerprint density at radius 3 is 2.62 bits per heavy atom. The van der Waals surface area contributed by atoms with Crippen molar-refractivity contribution in [2.75, 3.05) is 6.54 Å². The summed E-state index contributed by atoms with van der Waals surface area (Å²) in [7, 11) is 0. The molecule has 1 saturated carbocycles. The van der Waals surface area contributed by atoms with Gasteiger partial charge in [0.1, 0.15) is 12.4 Å². The van der Waals surface area contributed by atoms with Gasteiger partial charge < -0.3 is 21.7 Å². The Morgan fingerprint density at radius 2 is 1.91 bits per heavy atom. The average molecular weight is 487 g/mol. The lowest BCUT2D eigenvalue weighted by atomic mass is 9.86. The predicted octanol–water partition coefficient (Wildman–Crippen LogP) is 1.56. The van der Waals surface area contributed by atoms with Gasteiger partial charge in [-0.05, 0) is 25.0 Å². The van der Waals surface area contributed by atoms with Gasteiger partial charge in [0.25, 0.3) is 5.91 Å². The van der Waals surface area contributed by atoms with Crippen molar-refractivity contribution in [2.24, 2.45) is 11.5 Å². The number of carbonyl (C=O) groups excluding carboxylic acids is 3. The number of hydrogen-bond acceptors (Lipinski definition) is 5. The Hall–Kier alpha value is -3.50. The third-order valence-corrected chi connectivity index (χ3v) is 6.20. The fraction of sp³-hybridized carbons (Fsp3) is 0.304. The molecular weight excluding hydrogens is 463 g/mol. The number of nitrogens with zero attached hydrogens (tertiary/aromatic N) is 3. The Labute approximate surface area is 199 Å².